The Kier molecular flexibility index (Phi) is 5.10. The lowest BCUT2D eigenvalue weighted by Crippen LogP contribution is -2.15. The molecule has 0 aliphatic heterocycles. The number of aromatic nitrogens is 2. The van der Waals surface area contributed by atoms with Crippen molar-refractivity contribution in [2.75, 3.05) is 0 Å². The Morgan fingerprint density at radius 3 is 2.13 bits per heavy atom. The van der Waals surface area contributed by atoms with Crippen molar-refractivity contribution in [3.8, 4) is 16.9 Å². The summed E-state index contributed by atoms with van der Waals surface area (Å²) < 4.78 is 132. The van der Waals surface area contributed by atoms with Gasteiger partial charge in [-0.1, -0.05) is 6.07 Å². The molecule has 0 amide bonds. The van der Waals surface area contributed by atoms with Crippen LogP contribution in [0.5, 0.6) is 0 Å². The fourth-order valence-electron chi connectivity index (χ4n) is 2.61. The minimum Gasteiger partial charge on any atom is -0.225 e. The fourth-order valence-corrected chi connectivity index (χ4v) is 3.21. The number of rotatable bonds is 3. The topological polar surface area (TPSA) is 78.0 Å². The van der Waals surface area contributed by atoms with Gasteiger partial charge >= 0.3 is 6.18 Å². The molecule has 5 nitrogen and oxygen atoms in total. The van der Waals surface area contributed by atoms with Gasteiger partial charge in [-0.25, -0.2) is 31.4 Å². The van der Waals surface area contributed by atoms with Crippen molar-refractivity contribution in [3.05, 3.63) is 65.1 Å². The molecule has 0 atom stereocenters. The molecule has 0 saturated carbocycles. The number of nitrogens with zero attached hydrogens (tertiary/aromatic N) is 2. The van der Waals surface area contributed by atoms with Crippen LogP contribution in [0.2, 0.25) is 0 Å². The molecule has 0 radical (unpaired) electrons. The summed E-state index contributed by atoms with van der Waals surface area (Å²) in [7, 11) is -4.74. The van der Waals surface area contributed by atoms with Crippen LogP contribution in [0.4, 0.5) is 35.1 Å². The SMILES string of the molecule is NS(=O)(=O)c1cc(F)c(-c2c(F)c(F)nn2-c2cccc(C(F)(F)F)c2F)cc1F. The van der Waals surface area contributed by atoms with Gasteiger partial charge in [-0.3, -0.25) is 0 Å². The Morgan fingerprint density at radius 2 is 1.57 bits per heavy atom. The molecule has 3 rings (SSSR count). The molecule has 3 aromatic rings. The van der Waals surface area contributed by atoms with Crippen LogP contribution in [0.15, 0.2) is 35.2 Å². The average molecular weight is 457 g/mol. The van der Waals surface area contributed by atoms with Crippen molar-refractivity contribution in [2.24, 2.45) is 5.14 Å². The van der Waals surface area contributed by atoms with Gasteiger partial charge in [0.15, 0.2) is 5.82 Å². The van der Waals surface area contributed by atoms with Crippen molar-refractivity contribution in [3.63, 3.8) is 0 Å². The van der Waals surface area contributed by atoms with E-state index in [0.29, 0.717) is 18.2 Å². The van der Waals surface area contributed by atoms with Gasteiger partial charge in [-0.2, -0.15) is 22.0 Å². The van der Waals surface area contributed by atoms with Gasteiger partial charge < -0.3 is 0 Å². The molecule has 0 aliphatic rings. The number of nitrogens with two attached hydrogens (primary N) is 1. The minimum absolute atomic E-state index is 0.0380. The number of alkyl halides is 3. The maximum atomic E-state index is 14.4. The Labute approximate surface area is 162 Å². The fraction of sp³-hybridized carbons (Fsp3) is 0.0625. The lowest BCUT2D eigenvalue weighted by Gasteiger charge is -2.14. The van der Waals surface area contributed by atoms with Crippen molar-refractivity contribution in [2.45, 2.75) is 11.1 Å². The first-order chi connectivity index (χ1) is 13.7. The molecule has 0 bridgehead atoms. The second-order valence-electron chi connectivity index (χ2n) is 5.81. The lowest BCUT2D eigenvalue weighted by molar-refractivity contribution is -0.140. The van der Waals surface area contributed by atoms with E-state index in [1.165, 1.54) is 0 Å². The first kappa shape index (κ1) is 21.7. The number of primary sulfonamides is 1. The van der Waals surface area contributed by atoms with Crippen LogP contribution in [-0.4, -0.2) is 18.2 Å². The van der Waals surface area contributed by atoms with Gasteiger partial charge in [0.1, 0.15) is 27.9 Å². The van der Waals surface area contributed by atoms with Crippen molar-refractivity contribution < 1.29 is 43.5 Å². The normalized spacial score (nSPS) is 12.4. The summed E-state index contributed by atoms with van der Waals surface area (Å²) in [5.74, 6) is -9.22. The number of benzene rings is 2. The van der Waals surface area contributed by atoms with Crippen molar-refractivity contribution >= 4 is 10.0 Å². The summed E-state index contributed by atoms with van der Waals surface area (Å²) in [5, 5.41) is 7.62. The maximum absolute atomic E-state index is 14.4. The Morgan fingerprint density at radius 1 is 0.933 bits per heavy atom. The molecular formula is C16H7F8N3O2S. The molecule has 1 heterocycles. The highest BCUT2D eigenvalue weighted by Crippen LogP contribution is 2.36. The van der Waals surface area contributed by atoms with Crippen LogP contribution in [0.1, 0.15) is 5.56 Å². The second kappa shape index (κ2) is 7.05. The molecule has 14 heteroatoms. The molecule has 2 N–H and O–H groups in total. The van der Waals surface area contributed by atoms with Crippen LogP contribution < -0.4 is 5.14 Å². The van der Waals surface area contributed by atoms with E-state index in [4.69, 9.17) is 5.14 Å². The van der Waals surface area contributed by atoms with E-state index >= 15 is 0 Å². The zero-order valence-corrected chi connectivity index (χ0v) is 14.9. The summed E-state index contributed by atoms with van der Waals surface area (Å²) in [4.78, 5) is -1.32. The van der Waals surface area contributed by atoms with Crippen LogP contribution >= 0.6 is 0 Å². The molecule has 0 fully saturated rings. The highest BCUT2D eigenvalue weighted by Gasteiger charge is 2.36. The molecule has 0 aliphatic carbocycles. The predicted molar refractivity (Wildman–Crippen MR) is 85.2 cm³/mol. The first-order valence-corrected chi connectivity index (χ1v) is 9.10. The van der Waals surface area contributed by atoms with Crippen LogP contribution in [0.3, 0.4) is 0 Å². The summed E-state index contributed by atoms with van der Waals surface area (Å²) in [6.07, 6.45) is -5.18. The third-order valence-corrected chi connectivity index (χ3v) is 4.81. The molecule has 160 valence electrons. The monoisotopic (exact) mass is 457 g/mol. The maximum Gasteiger partial charge on any atom is 0.419 e. The van der Waals surface area contributed by atoms with Crippen molar-refractivity contribution in [1.29, 1.82) is 0 Å². The van der Waals surface area contributed by atoms with E-state index in [1.54, 1.807) is 0 Å². The van der Waals surface area contributed by atoms with Gasteiger partial charge in [0.05, 0.1) is 5.56 Å². The van der Waals surface area contributed by atoms with E-state index in [0.717, 1.165) is 0 Å². The van der Waals surface area contributed by atoms with Gasteiger partial charge in [-0.05, 0) is 24.3 Å². The van der Waals surface area contributed by atoms with E-state index in [9.17, 15) is 43.5 Å². The molecule has 0 saturated heterocycles. The molecule has 2 aromatic carbocycles. The van der Waals surface area contributed by atoms with Gasteiger partial charge in [0.2, 0.25) is 15.8 Å². The number of hydrogen-bond donors (Lipinski definition) is 1. The summed E-state index contributed by atoms with van der Waals surface area (Å²) in [6, 6.07) is 1.86. The zero-order valence-electron chi connectivity index (χ0n) is 14.1. The second-order valence-corrected chi connectivity index (χ2v) is 7.34. The molecular weight excluding hydrogens is 450 g/mol. The van der Waals surface area contributed by atoms with Gasteiger partial charge in [0.25, 0.3) is 5.95 Å². The average Bonchev–Trinajstić information content (AvgIpc) is 2.89. The van der Waals surface area contributed by atoms with E-state index in [1.807, 2.05) is 0 Å². The highest BCUT2D eigenvalue weighted by molar-refractivity contribution is 7.89. The zero-order chi connectivity index (χ0) is 22.6. The quantitative estimate of drug-likeness (QED) is 0.606. The van der Waals surface area contributed by atoms with Crippen LogP contribution in [0, 0.1) is 29.2 Å². The number of hydrogen-bond acceptors (Lipinski definition) is 3. The number of halogens is 8. The lowest BCUT2D eigenvalue weighted by atomic mass is 10.1. The van der Waals surface area contributed by atoms with E-state index in [2.05, 4.69) is 5.10 Å². The molecule has 0 spiro atoms. The third-order valence-electron chi connectivity index (χ3n) is 3.88. The minimum atomic E-state index is -5.18. The Bertz CT molecular complexity index is 1270. The predicted octanol–water partition coefficient (Wildman–Crippen LogP) is 3.90. The summed E-state index contributed by atoms with van der Waals surface area (Å²) in [5.41, 5.74) is -5.37. The molecule has 30 heavy (non-hydrogen) atoms. The largest absolute Gasteiger partial charge is 0.419 e. The Balaban J connectivity index is 2.34. The van der Waals surface area contributed by atoms with E-state index < -0.39 is 72.8 Å². The highest BCUT2D eigenvalue weighted by atomic mass is 32.2. The third kappa shape index (κ3) is 3.63. The summed E-state index contributed by atoms with van der Waals surface area (Å²) in [6.45, 7) is 0. The van der Waals surface area contributed by atoms with Crippen LogP contribution in [0.25, 0.3) is 16.9 Å². The number of sulfonamides is 1. The van der Waals surface area contributed by atoms with E-state index in [-0.39, 0.29) is 16.8 Å². The Hall–Kier alpha value is -3.00. The van der Waals surface area contributed by atoms with Gasteiger partial charge in [-0.15, -0.1) is 5.10 Å². The van der Waals surface area contributed by atoms with Crippen LogP contribution in [-0.2, 0) is 16.2 Å². The first-order valence-electron chi connectivity index (χ1n) is 7.55. The molecule has 0 unspecified atom stereocenters. The van der Waals surface area contributed by atoms with Gasteiger partial charge in [0, 0.05) is 5.56 Å². The standard InChI is InChI=1S/C16H7F8N3O2S/c17-8-5-11(30(25,28)29)9(18)4-6(8)14-13(20)15(21)26-27(14)10-3-1-2-7(12(10)19)16(22,23)24/h1-5H,(H2,25,28,29). The smallest absolute Gasteiger partial charge is 0.225 e. The summed E-state index contributed by atoms with van der Waals surface area (Å²) >= 11 is 0. The van der Waals surface area contributed by atoms with Crippen molar-refractivity contribution in [1.82, 2.24) is 9.78 Å². The molecule has 1 aromatic heterocycles.